The van der Waals surface area contributed by atoms with Crippen LogP contribution in [-0.4, -0.2) is 0 Å². The van der Waals surface area contributed by atoms with Gasteiger partial charge in [0.2, 0.25) is 0 Å². The molecule has 0 fully saturated rings. The van der Waals surface area contributed by atoms with Gasteiger partial charge >= 0.3 is 0 Å². The summed E-state index contributed by atoms with van der Waals surface area (Å²) >= 11 is 0. The molecule has 0 amide bonds. The number of rotatable bonds is 0. The summed E-state index contributed by atoms with van der Waals surface area (Å²) < 4.78 is 0. The van der Waals surface area contributed by atoms with E-state index in [0.717, 1.165) is 0 Å². The van der Waals surface area contributed by atoms with Crippen molar-refractivity contribution in [1.29, 1.82) is 31.6 Å². The Morgan fingerprint density at radius 1 is 0.286 bits per heavy atom. The van der Waals surface area contributed by atoms with E-state index in [1.54, 1.807) is 0 Å². The van der Waals surface area contributed by atoms with Gasteiger partial charge in [-0.2, -0.15) is 0 Å². The SMILES string of the molecule is [C-]#N.[C-]#N.[C-]#N.[C-]#N.[C-]#N.[C-]#N.[Co].[Co]. The van der Waals surface area contributed by atoms with Crippen molar-refractivity contribution in [3.8, 4) is 0 Å². The van der Waals surface area contributed by atoms with E-state index in [4.69, 9.17) is 71.0 Å². The fraction of sp³-hybridized carbons (Fsp3) is 0. The van der Waals surface area contributed by atoms with Gasteiger partial charge in [-0.15, -0.1) is 0 Å². The molecule has 0 aromatic carbocycles. The summed E-state index contributed by atoms with van der Waals surface area (Å²) in [7, 11) is 0. The molecule has 6 nitrogen and oxygen atoms in total. The Hall–Kier alpha value is -2.05. The number of hydrogen-bond acceptors (Lipinski definition) is 6. The van der Waals surface area contributed by atoms with E-state index in [1.165, 1.54) is 0 Å². The van der Waals surface area contributed by atoms with Crippen LogP contribution in [0.1, 0.15) is 0 Å². The first-order valence-corrected chi connectivity index (χ1v) is 1.34. The summed E-state index contributed by atoms with van der Waals surface area (Å²) in [4.78, 5) is 0. The van der Waals surface area contributed by atoms with Crippen LogP contribution in [-0.2, 0) is 33.6 Å². The van der Waals surface area contributed by atoms with Crippen molar-refractivity contribution in [2.45, 2.75) is 0 Å². The molecule has 0 unspecified atom stereocenters. The van der Waals surface area contributed by atoms with Crippen molar-refractivity contribution >= 4 is 0 Å². The number of nitrogens with zero attached hydrogens (tertiary/aromatic N) is 6. The molecule has 0 aliphatic rings. The Labute approximate surface area is 105 Å². The van der Waals surface area contributed by atoms with Gasteiger partial charge in [-0.3, -0.25) is 0 Å². The molecule has 0 spiro atoms. The minimum absolute atomic E-state index is 0. The van der Waals surface area contributed by atoms with Crippen molar-refractivity contribution in [3.63, 3.8) is 0 Å². The Balaban J connectivity index is -0.00000000500. The summed E-state index contributed by atoms with van der Waals surface area (Å²) in [6, 6.07) is 0. The third-order valence-corrected chi connectivity index (χ3v) is 0. The first kappa shape index (κ1) is 91.8. The molecule has 0 heterocycles. The molecule has 2 radical (unpaired) electrons. The van der Waals surface area contributed by atoms with Crippen molar-refractivity contribution in [3.05, 3.63) is 39.4 Å². The van der Waals surface area contributed by atoms with Crippen molar-refractivity contribution in [2.24, 2.45) is 0 Å². The minimum atomic E-state index is 0. The van der Waals surface area contributed by atoms with Crippen LogP contribution in [0.25, 0.3) is 0 Å². The maximum atomic E-state index is 6.25. The van der Waals surface area contributed by atoms with E-state index in [2.05, 4.69) is 0 Å². The average molecular weight is 274 g/mol. The van der Waals surface area contributed by atoms with Crippen LogP contribution in [0, 0.1) is 71.0 Å². The molecule has 0 aliphatic heterocycles. The zero-order valence-corrected chi connectivity index (χ0v) is 8.43. The Bertz CT molecular complexity index is 95.3. The molecule has 0 aromatic rings. The Morgan fingerprint density at radius 2 is 0.286 bits per heavy atom. The first-order valence-electron chi connectivity index (χ1n) is 1.34. The largest absolute Gasteiger partial charge is 0.512 e. The van der Waals surface area contributed by atoms with Gasteiger partial charge in [0.25, 0.3) is 0 Å². The van der Waals surface area contributed by atoms with Gasteiger partial charge < -0.3 is 71.0 Å². The molecule has 0 atom stereocenters. The van der Waals surface area contributed by atoms with Gasteiger partial charge in [-0.25, -0.2) is 0 Å². The van der Waals surface area contributed by atoms with E-state index >= 15 is 0 Å². The monoisotopic (exact) mass is 274 g/mol. The second kappa shape index (κ2) is 259. The summed E-state index contributed by atoms with van der Waals surface area (Å²) in [5.74, 6) is 0. The molecule has 0 N–H and O–H groups in total. The van der Waals surface area contributed by atoms with Gasteiger partial charge in [0.1, 0.15) is 0 Å². The molecule has 78 valence electrons. The third kappa shape index (κ3) is 190. The van der Waals surface area contributed by atoms with Crippen LogP contribution >= 0.6 is 0 Å². The smallest absolute Gasteiger partial charge is 0 e. The molecule has 0 bridgehead atoms. The fourth-order valence-corrected chi connectivity index (χ4v) is 0. The summed E-state index contributed by atoms with van der Waals surface area (Å²) in [6.07, 6.45) is 0. The maximum absolute atomic E-state index is 6.25. The maximum Gasteiger partial charge on any atom is 0 e. The summed E-state index contributed by atoms with van der Waals surface area (Å²) in [5.41, 5.74) is 0. The van der Waals surface area contributed by atoms with Crippen LogP contribution in [0.5, 0.6) is 0 Å². The van der Waals surface area contributed by atoms with Gasteiger partial charge in [-0.05, 0) is 0 Å². The standard InChI is InChI=1S/6CN.2Co/c6*1-2;;/q6*-1;;. The Kier molecular flexibility index (Phi) is 1700. The predicted molar refractivity (Wildman–Crippen MR) is 29.8 cm³/mol. The van der Waals surface area contributed by atoms with Crippen LogP contribution in [0.4, 0.5) is 0 Å². The van der Waals surface area contributed by atoms with E-state index in [1.807, 2.05) is 0 Å². The quantitative estimate of drug-likeness (QED) is 0.590. The molecule has 0 rings (SSSR count). The zero-order chi connectivity index (χ0) is 12.0. The van der Waals surface area contributed by atoms with Gasteiger partial charge in [0, 0.05) is 33.6 Å². The van der Waals surface area contributed by atoms with Crippen LogP contribution in [0.15, 0.2) is 0 Å². The van der Waals surface area contributed by atoms with Crippen molar-refractivity contribution in [2.75, 3.05) is 0 Å². The van der Waals surface area contributed by atoms with Gasteiger partial charge in [-0.1, -0.05) is 0 Å². The second-order valence-electron chi connectivity index (χ2n) is 0. The number of hydrogen-bond donors (Lipinski definition) is 0. The predicted octanol–water partition coefficient (Wildman–Crippen LogP) is 0.573. The van der Waals surface area contributed by atoms with Crippen molar-refractivity contribution < 1.29 is 33.6 Å². The molecule has 0 aliphatic carbocycles. The van der Waals surface area contributed by atoms with Crippen molar-refractivity contribution in [1.82, 2.24) is 0 Å². The van der Waals surface area contributed by atoms with E-state index in [0.29, 0.717) is 0 Å². The zero-order valence-electron chi connectivity index (χ0n) is 6.35. The minimum Gasteiger partial charge on any atom is -0.512 e. The molecule has 8 heteroatoms. The first-order chi connectivity index (χ1) is 6.00. The molecule has 0 saturated carbocycles. The fourth-order valence-electron chi connectivity index (χ4n) is 0. The summed E-state index contributed by atoms with van der Waals surface area (Å²) in [6.45, 7) is 28.5. The summed E-state index contributed by atoms with van der Waals surface area (Å²) in [5, 5.41) is 37.5. The van der Waals surface area contributed by atoms with E-state index in [-0.39, 0.29) is 33.6 Å². The molecule has 0 aromatic heterocycles. The average Bonchev–Trinajstić information content (AvgIpc) is 2.33. The third-order valence-electron chi connectivity index (χ3n) is 0. The second-order valence-corrected chi connectivity index (χ2v) is 0. The van der Waals surface area contributed by atoms with E-state index in [9.17, 15) is 0 Å². The molecule has 0 saturated heterocycles. The molecular weight excluding hydrogens is 274 g/mol. The normalized spacial score (nSPS) is 0.857. The van der Waals surface area contributed by atoms with Crippen LogP contribution in [0.3, 0.4) is 0 Å². The Morgan fingerprint density at radius 3 is 0.286 bits per heavy atom. The molecule has 14 heavy (non-hydrogen) atoms. The van der Waals surface area contributed by atoms with Gasteiger partial charge in [0.05, 0.1) is 0 Å². The van der Waals surface area contributed by atoms with Gasteiger partial charge in [0.15, 0.2) is 0 Å². The van der Waals surface area contributed by atoms with E-state index < -0.39 is 0 Å². The molecular formula is C6Co2N6-6. The van der Waals surface area contributed by atoms with Crippen LogP contribution in [0.2, 0.25) is 0 Å². The topological polar surface area (TPSA) is 143 Å². The van der Waals surface area contributed by atoms with Crippen LogP contribution < -0.4 is 0 Å².